The minimum atomic E-state index is -0.496. The molecule has 7 heteroatoms. The minimum absolute atomic E-state index is 0.190. The Labute approximate surface area is 162 Å². The van der Waals surface area contributed by atoms with Crippen LogP contribution in [0.3, 0.4) is 0 Å². The quantitative estimate of drug-likeness (QED) is 0.548. The van der Waals surface area contributed by atoms with Gasteiger partial charge in [-0.05, 0) is 36.2 Å². The van der Waals surface area contributed by atoms with E-state index in [2.05, 4.69) is 15.6 Å². The summed E-state index contributed by atoms with van der Waals surface area (Å²) < 4.78 is 18.2. The molecule has 146 valence electrons. The molecule has 28 heavy (non-hydrogen) atoms. The molecule has 0 aliphatic carbocycles. The van der Waals surface area contributed by atoms with Crippen molar-refractivity contribution in [2.45, 2.75) is 12.8 Å². The van der Waals surface area contributed by atoms with Gasteiger partial charge in [0.05, 0.1) is 6.61 Å². The van der Waals surface area contributed by atoms with Gasteiger partial charge in [-0.15, -0.1) is 0 Å². The average molecular weight is 383 g/mol. The molecule has 0 unspecified atom stereocenters. The minimum Gasteiger partial charge on any atom is -0.465 e. The van der Waals surface area contributed by atoms with Crippen LogP contribution in [-0.2, 0) is 9.53 Å². The highest BCUT2D eigenvalue weighted by Crippen LogP contribution is 2.30. The molecule has 1 atom stereocenters. The second-order valence-electron chi connectivity index (χ2n) is 6.26. The Morgan fingerprint density at radius 1 is 1.11 bits per heavy atom. The van der Waals surface area contributed by atoms with E-state index in [1.807, 2.05) is 30.5 Å². The van der Waals surface area contributed by atoms with Crippen LogP contribution in [0.2, 0.25) is 0 Å². The fraction of sp³-hybridized carbons (Fsp3) is 0.238. The molecule has 0 spiro atoms. The monoisotopic (exact) mass is 383 g/mol. The van der Waals surface area contributed by atoms with E-state index in [9.17, 15) is 14.0 Å². The van der Waals surface area contributed by atoms with E-state index in [1.54, 1.807) is 19.1 Å². The Morgan fingerprint density at radius 3 is 2.61 bits per heavy atom. The molecule has 3 rings (SSSR count). The lowest BCUT2D eigenvalue weighted by Gasteiger charge is -2.18. The molecule has 0 aliphatic heterocycles. The fourth-order valence-electron chi connectivity index (χ4n) is 3.11. The van der Waals surface area contributed by atoms with Crippen molar-refractivity contribution in [1.29, 1.82) is 0 Å². The van der Waals surface area contributed by atoms with Gasteiger partial charge in [-0.1, -0.05) is 30.3 Å². The van der Waals surface area contributed by atoms with Crippen LogP contribution in [0.1, 0.15) is 24.0 Å². The normalized spacial score (nSPS) is 11.8. The van der Waals surface area contributed by atoms with Gasteiger partial charge in [0.25, 0.3) is 0 Å². The van der Waals surface area contributed by atoms with Crippen molar-refractivity contribution >= 4 is 22.9 Å². The van der Waals surface area contributed by atoms with Crippen molar-refractivity contribution in [2.75, 3.05) is 19.7 Å². The summed E-state index contributed by atoms with van der Waals surface area (Å²) in [6.45, 7) is 2.04. The van der Waals surface area contributed by atoms with Gasteiger partial charge in [0.2, 0.25) is 0 Å². The third-order valence-electron chi connectivity index (χ3n) is 4.43. The van der Waals surface area contributed by atoms with Gasteiger partial charge in [-0.2, -0.15) is 0 Å². The Hall–Kier alpha value is -3.35. The van der Waals surface area contributed by atoms with Gasteiger partial charge in [-0.25, -0.2) is 9.18 Å². The summed E-state index contributed by atoms with van der Waals surface area (Å²) in [7, 11) is 0. The number of para-hydroxylation sites is 1. The van der Waals surface area contributed by atoms with Gasteiger partial charge in [-0.3, -0.25) is 4.79 Å². The molecule has 1 heterocycles. The van der Waals surface area contributed by atoms with Crippen LogP contribution in [0.15, 0.2) is 54.7 Å². The Bertz CT molecular complexity index is 953. The third kappa shape index (κ3) is 4.68. The molecule has 3 N–H and O–H groups in total. The van der Waals surface area contributed by atoms with Crippen molar-refractivity contribution in [3.8, 4) is 0 Å². The van der Waals surface area contributed by atoms with Crippen LogP contribution in [0, 0.1) is 5.82 Å². The van der Waals surface area contributed by atoms with E-state index in [1.165, 1.54) is 12.1 Å². The van der Waals surface area contributed by atoms with Crippen molar-refractivity contribution in [2.24, 2.45) is 0 Å². The largest absolute Gasteiger partial charge is 0.465 e. The number of fused-ring (bicyclic) bond motifs is 1. The first kappa shape index (κ1) is 19.4. The number of carbonyl (C=O) groups excluding carboxylic acids is 2. The van der Waals surface area contributed by atoms with Crippen LogP contribution >= 0.6 is 0 Å². The van der Waals surface area contributed by atoms with E-state index in [0.717, 1.165) is 22.0 Å². The molecule has 0 saturated carbocycles. The number of aromatic nitrogens is 1. The number of urea groups is 1. The number of nitrogens with one attached hydrogen (secondary N) is 3. The average Bonchev–Trinajstić information content (AvgIpc) is 3.12. The predicted octanol–water partition coefficient (Wildman–Crippen LogP) is 3.30. The number of aromatic amines is 1. The van der Waals surface area contributed by atoms with Gasteiger partial charge < -0.3 is 20.4 Å². The highest BCUT2D eigenvalue weighted by Gasteiger charge is 2.19. The lowest BCUT2D eigenvalue weighted by Crippen LogP contribution is -2.40. The Morgan fingerprint density at radius 2 is 1.86 bits per heavy atom. The number of hydrogen-bond acceptors (Lipinski definition) is 3. The number of esters is 1. The first-order valence-electron chi connectivity index (χ1n) is 9.07. The van der Waals surface area contributed by atoms with Gasteiger partial charge in [0.1, 0.15) is 12.4 Å². The van der Waals surface area contributed by atoms with Crippen LogP contribution in [0.25, 0.3) is 10.9 Å². The molecule has 3 aromatic rings. The zero-order valence-electron chi connectivity index (χ0n) is 15.5. The summed E-state index contributed by atoms with van der Waals surface area (Å²) in [6.07, 6.45) is 1.90. The second kappa shape index (κ2) is 9.03. The molecule has 2 amide bonds. The molecule has 1 aromatic heterocycles. The number of H-pyrrole nitrogens is 1. The standard InChI is InChI=1S/C21H22FN3O3/c1-2-28-20(26)13-25-21(27)24-11-17(14-7-9-15(22)10-8-14)18-12-23-19-6-4-3-5-16(18)19/h3-10,12,17,23H,2,11,13H2,1H3,(H2,24,25,27)/t17-/m1/s1. The van der Waals surface area contributed by atoms with Crippen LogP contribution in [0.5, 0.6) is 0 Å². The summed E-state index contributed by atoms with van der Waals surface area (Å²) in [4.78, 5) is 26.7. The highest BCUT2D eigenvalue weighted by molar-refractivity contribution is 5.84. The van der Waals surface area contributed by atoms with Crippen LogP contribution in [0.4, 0.5) is 9.18 Å². The SMILES string of the molecule is CCOC(=O)CNC(=O)NC[C@H](c1ccc(F)cc1)c1c[nH]c2ccccc12. The number of rotatable bonds is 7. The molecular weight excluding hydrogens is 361 g/mol. The molecule has 0 aliphatic rings. The summed E-state index contributed by atoms with van der Waals surface area (Å²) >= 11 is 0. The first-order chi connectivity index (χ1) is 13.6. The maximum Gasteiger partial charge on any atom is 0.325 e. The second-order valence-corrected chi connectivity index (χ2v) is 6.26. The van der Waals surface area contributed by atoms with E-state index in [4.69, 9.17) is 4.74 Å². The molecule has 6 nitrogen and oxygen atoms in total. The summed E-state index contributed by atoms with van der Waals surface area (Å²) in [6, 6.07) is 13.6. The number of amides is 2. The van der Waals surface area contributed by atoms with Gasteiger partial charge in [0, 0.05) is 29.6 Å². The summed E-state index contributed by atoms with van der Waals surface area (Å²) in [5.74, 6) is -1.00. The highest BCUT2D eigenvalue weighted by atomic mass is 19.1. The number of ether oxygens (including phenoxy) is 1. The lowest BCUT2D eigenvalue weighted by atomic mass is 9.91. The number of carbonyl (C=O) groups is 2. The first-order valence-corrected chi connectivity index (χ1v) is 9.07. The fourth-order valence-corrected chi connectivity index (χ4v) is 3.11. The summed E-state index contributed by atoms with van der Waals surface area (Å²) in [5.41, 5.74) is 2.85. The number of halogens is 1. The van der Waals surface area contributed by atoms with E-state index >= 15 is 0 Å². The van der Waals surface area contributed by atoms with E-state index in [0.29, 0.717) is 0 Å². The van der Waals surface area contributed by atoms with Gasteiger partial charge in [0.15, 0.2) is 0 Å². The predicted molar refractivity (Wildman–Crippen MR) is 105 cm³/mol. The zero-order chi connectivity index (χ0) is 19.9. The molecular formula is C21H22FN3O3. The van der Waals surface area contributed by atoms with Crippen LogP contribution < -0.4 is 10.6 Å². The molecule has 0 fully saturated rings. The van der Waals surface area contributed by atoms with E-state index in [-0.39, 0.29) is 31.4 Å². The van der Waals surface area contributed by atoms with Crippen molar-refractivity contribution in [3.05, 3.63) is 71.7 Å². The summed E-state index contributed by atoms with van der Waals surface area (Å²) in [5, 5.41) is 6.29. The molecule has 0 bridgehead atoms. The van der Waals surface area contributed by atoms with Gasteiger partial charge >= 0.3 is 12.0 Å². The van der Waals surface area contributed by atoms with Crippen molar-refractivity contribution < 1.29 is 18.7 Å². The Balaban J connectivity index is 1.77. The van der Waals surface area contributed by atoms with E-state index < -0.39 is 12.0 Å². The van der Waals surface area contributed by atoms with Crippen molar-refractivity contribution in [1.82, 2.24) is 15.6 Å². The topological polar surface area (TPSA) is 83.2 Å². The molecule has 0 saturated heterocycles. The Kier molecular flexibility index (Phi) is 6.26. The lowest BCUT2D eigenvalue weighted by molar-refractivity contribution is -0.141. The molecule has 2 aromatic carbocycles. The smallest absolute Gasteiger partial charge is 0.325 e. The maximum atomic E-state index is 13.4. The molecule has 0 radical (unpaired) electrons. The number of benzene rings is 2. The van der Waals surface area contributed by atoms with Crippen LogP contribution in [-0.4, -0.2) is 36.7 Å². The maximum absolute atomic E-state index is 13.4. The zero-order valence-corrected chi connectivity index (χ0v) is 15.5. The van der Waals surface area contributed by atoms with Crippen molar-refractivity contribution in [3.63, 3.8) is 0 Å². The third-order valence-corrected chi connectivity index (χ3v) is 4.43. The number of hydrogen-bond donors (Lipinski definition) is 3.